The second kappa shape index (κ2) is 14.4. The van der Waals surface area contributed by atoms with Crippen LogP contribution in [0.2, 0.25) is 0 Å². The molecule has 0 amide bonds. The number of fused-ring (bicyclic) bond motifs is 22. The number of benzene rings is 11. The first-order valence-corrected chi connectivity index (χ1v) is 24.5. The molecule has 0 radical (unpaired) electrons. The molecular formula is C68H45NO. The van der Waals surface area contributed by atoms with Crippen LogP contribution in [0.4, 0.5) is 17.1 Å². The van der Waals surface area contributed by atoms with Gasteiger partial charge in [0.05, 0.1) is 11.1 Å². The van der Waals surface area contributed by atoms with Crippen LogP contribution in [0, 0.1) is 0 Å². The molecule has 0 aromatic heterocycles. The van der Waals surface area contributed by atoms with Crippen molar-refractivity contribution < 1.29 is 4.74 Å². The Morgan fingerprint density at radius 1 is 0.329 bits per heavy atom. The van der Waals surface area contributed by atoms with Crippen molar-refractivity contribution in [2.75, 3.05) is 4.90 Å². The summed E-state index contributed by atoms with van der Waals surface area (Å²) >= 11 is 0. The summed E-state index contributed by atoms with van der Waals surface area (Å²) in [6.45, 7) is 4.74. The topological polar surface area (TPSA) is 12.5 Å². The Kier molecular flexibility index (Phi) is 8.08. The maximum atomic E-state index is 7.30. The van der Waals surface area contributed by atoms with Crippen LogP contribution in [-0.2, 0) is 10.8 Å². The SMILES string of the molecule is CC1(C)c2ccccc2-c2ccc(N(c3ccc4c(c3)-c3ccccc3-c3ccccc3C43c4ccccc4-c4c3ccc3ccccc43)c3cccc4c3Oc3ccccc3-c3ccccc3-4)cc21. The van der Waals surface area contributed by atoms with E-state index in [1.165, 1.54) is 88.7 Å². The zero-order valence-corrected chi connectivity index (χ0v) is 38.9. The summed E-state index contributed by atoms with van der Waals surface area (Å²) in [7, 11) is 0. The maximum Gasteiger partial charge on any atom is 0.159 e. The van der Waals surface area contributed by atoms with Gasteiger partial charge < -0.3 is 9.64 Å². The van der Waals surface area contributed by atoms with Gasteiger partial charge in [-0.25, -0.2) is 0 Å². The minimum absolute atomic E-state index is 0.201. The van der Waals surface area contributed by atoms with Crippen LogP contribution >= 0.6 is 0 Å². The second-order valence-electron chi connectivity index (χ2n) is 19.9. The molecule has 328 valence electrons. The second-order valence-corrected chi connectivity index (χ2v) is 19.9. The van der Waals surface area contributed by atoms with E-state index in [4.69, 9.17) is 4.74 Å². The number of rotatable bonds is 3. The van der Waals surface area contributed by atoms with E-state index in [1.54, 1.807) is 0 Å². The molecule has 2 nitrogen and oxygen atoms in total. The summed E-state index contributed by atoms with van der Waals surface area (Å²) in [5.41, 5.74) is 24.7. The monoisotopic (exact) mass is 891 g/mol. The Hall–Kier alpha value is -8.72. The largest absolute Gasteiger partial charge is 0.454 e. The molecule has 0 bridgehead atoms. The van der Waals surface area contributed by atoms with Crippen molar-refractivity contribution in [3.63, 3.8) is 0 Å². The van der Waals surface area contributed by atoms with Crippen LogP contribution in [0.3, 0.4) is 0 Å². The predicted octanol–water partition coefficient (Wildman–Crippen LogP) is 18.1. The molecular weight excluding hydrogens is 847 g/mol. The van der Waals surface area contributed by atoms with E-state index in [1.807, 2.05) is 0 Å². The molecule has 1 atom stereocenters. The molecule has 11 aromatic rings. The van der Waals surface area contributed by atoms with Crippen LogP contribution in [-0.4, -0.2) is 0 Å². The minimum atomic E-state index is -0.617. The average molecular weight is 892 g/mol. The zero-order valence-electron chi connectivity index (χ0n) is 38.9. The van der Waals surface area contributed by atoms with Gasteiger partial charge in [-0.3, -0.25) is 0 Å². The van der Waals surface area contributed by atoms with E-state index in [0.29, 0.717) is 0 Å². The molecule has 2 heteroatoms. The van der Waals surface area contributed by atoms with E-state index >= 15 is 0 Å². The lowest BCUT2D eigenvalue weighted by Crippen LogP contribution is -2.29. The molecule has 15 rings (SSSR count). The van der Waals surface area contributed by atoms with Crippen molar-refractivity contribution in [2.24, 2.45) is 0 Å². The molecule has 0 fully saturated rings. The maximum absolute atomic E-state index is 7.30. The lowest BCUT2D eigenvalue weighted by molar-refractivity contribution is 0.489. The highest BCUT2D eigenvalue weighted by atomic mass is 16.5. The first kappa shape index (κ1) is 39.3. The number of ether oxygens (including phenoxy) is 1. The van der Waals surface area contributed by atoms with Crippen molar-refractivity contribution in [3.8, 4) is 78.3 Å². The predicted molar refractivity (Wildman–Crippen MR) is 289 cm³/mol. The molecule has 70 heavy (non-hydrogen) atoms. The molecule has 1 heterocycles. The normalized spacial score (nSPS) is 15.6. The van der Waals surface area contributed by atoms with Crippen LogP contribution in [0.15, 0.2) is 237 Å². The van der Waals surface area contributed by atoms with Gasteiger partial charge in [0.15, 0.2) is 5.75 Å². The molecule has 4 aliphatic rings. The van der Waals surface area contributed by atoms with Crippen molar-refractivity contribution in [2.45, 2.75) is 24.7 Å². The Labute approximate surface area is 408 Å². The molecule has 0 saturated heterocycles. The molecule has 1 spiro atoms. The van der Waals surface area contributed by atoms with Crippen LogP contribution in [0.25, 0.3) is 77.5 Å². The lowest BCUT2D eigenvalue weighted by Gasteiger charge is -2.36. The lowest BCUT2D eigenvalue weighted by atomic mass is 9.65. The van der Waals surface area contributed by atoms with Gasteiger partial charge in [0, 0.05) is 27.9 Å². The third kappa shape index (κ3) is 5.17. The fraction of sp³-hybridized carbons (Fsp3) is 0.0588. The van der Waals surface area contributed by atoms with Crippen molar-refractivity contribution in [3.05, 3.63) is 270 Å². The highest BCUT2D eigenvalue weighted by Crippen LogP contribution is 2.63. The summed E-state index contributed by atoms with van der Waals surface area (Å²) in [5, 5.41) is 2.53. The molecule has 1 unspecified atom stereocenters. The molecule has 0 N–H and O–H groups in total. The quantitative estimate of drug-likeness (QED) is 0.175. The van der Waals surface area contributed by atoms with Gasteiger partial charge in [-0.2, -0.15) is 0 Å². The first-order valence-electron chi connectivity index (χ1n) is 24.5. The fourth-order valence-corrected chi connectivity index (χ4v) is 13.1. The van der Waals surface area contributed by atoms with Gasteiger partial charge in [0.2, 0.25) is 0 Å². The average Bonchev–Trinajstić information content (AvgIpc) is 3.73. The molecule has 3 aliphatic carbocycles. The van der Waals surface area contributed by atoms with Gasteiger partial charge in [-0.15, -0.1) is 0 Å². The van der Waals surface area contributed by atoms with E-state index in [0.717, 1.165) is 50.8 Å². The number of hydrogen-bond donors (Lipinski definition) is 0. The summed E-state index contributed by atoms with van der Waals surface area (Å²) in [5.74, 6) is 1.67. The first-order chi connectivity index (χ1) is 34.5. The van der Waals surface area contributed by atoms with Crippen molar-refractivity contribution >= 4 is 27.8 Å². The van der Waals surface area contributed by atoms with Gasteiger partial charge in [0.25, 0.3) is 0 Å². The standard InChI is InChI=1S/C68H45NO/c1-67(2)57-29-13-9-25-51(57)52-37-35-44(41-62(52)67)69(63-32-17-28-54-48-22-7-6-21-47(48)53-26-12-16-33-64(53)70-66(54)63)43-36-39-60-56(40-43)49-23-8-5-20-46(49)50-24-10-14-30-58(50)68(60)59-31-15-11-27-55(59)65-45-19-4-3-18-42(45)34-38-61(65)68/h3-41H,1-2H3. The summed E-state index contributed by atoms with van der Waals surface area (Å²) in [4.78, 5) is 2.46. The number of para-hydroxylation sites is 2. The van der Waals surface area contributed by atoms with Gasteiger partial charge >= 0.3 is 0 Å². The van der Waals surface area contributed by atoms with Crippen LogP contribution < -0.4 is 9.64 Å². The van der Waals surface area contributed by atoms with E-state index in [9.17, 15) is 0 Å². The Bertz CT molecular complexity index is 4040. The van der Waals surface area contributed by atoms with Gasteiger partial charge in [-0.05, 0) is 136 Å². The summed E-state index contributed by atoms with van der Waals surface area (Å²) in [6, 6.07) is 88.3. The van der Waals surface area contributed by atoms with E-state index in [2.05, 4.69) is 255 Å². The minimum Gasteiger partial charge on any atom is -0.454 e. The van der Waals surface area contributed by atoms with Crippen molar-refractivity contribution in [1.29, 1.82) is 0 Å². The zero-order chi connectivity index (χ0) is 46.3. The number of anilines is 3. The van der Waals surface area contributed by atoms with E-state index < -0.39 is 5.41 Å². The highest BCUT2D eigenvalue weighted by molar-refractivity contribution is 6.07. The van der Waals surface area contributed by atoms with Crippen molar-refractivity contribution in [1.82, 2.24) is 0 Å². The number of hydrogen-bond acceptors (Lipinski definition) is 2. The van der Waals surface area contributed by atoms with E-state index in [-0.39, 0.29) is 5.41 Å². The molecule has 0 saturated carbocycles. The van der Waals surface area contributed by atoms with Gasteiger partial charge in [0.1, 0.15) is 5.75 Å². The van der Waals surface area contributed by atoms with Gasteiger partial charge in [-0.1, -0.05) is 214 Å². The number of nitrogens with zero attached hydrogens (tertiary/aromatic N) is 1. The molecule has 1 aliphatic heterocycles. The third-order valence-electron chi connectivity index (χ3n) is 16.1. The summed E-state index contributed by atoms with van der Waals surface area (Å²) in [6.07, 6.45) is 0. The van der Waals surface area contributed by atoms with Crippen LogP contribution in [0.5, 0.6) is 11.5 Å². The smallest absolute Gasteiger partial charge is 0.159 e. The molecule has 11 aromatic carbocycles. The fourth-order valence-electron chi connectivity index (χ4n) is 13.1. The highest BCUT2D eigenvalue weighted by Gasteiger charge is 2.50. The Morgan fingerprint density at radius 2 is 0.829 bits per heavy atom. The third-order valence-corrected chi connectivity index (χ3v) is 16.1. The Morgan fingerprint density at radius 3 is 1.60 bits per heavy atom. The van der Waals surface area contributed by atoms with Crippen LogP contribution in [0.1, 0.15) is 47.2 Å². The summed E-state index contributed by atoms with van der Waals surface area (Å²) < 4.78 is 7.30. The Balaban J connectivity index is 1.04.